The Hall–Kier alpha value is -2.50. The largest absolute Gasteiger partial charge is 0.483 e. The summed E-state index contributed by atoms with van der Waals surface area (Å²) in [5.74, 6) is 0.209. The number of hydrogen-bond donors (Lipinski definition) is 0. The van der Waals surface area contributed by atoms with Crippen molar-refractivity contribution in [2.24, 2.45) is 4.99 Å². The fourth-order valence-electron chi connectivity index (χ4n) is 1.10. The average Bonchev–Trinajstić information content (AvgIpc) is 2.55. The number of ether oxygens (including phenoxy) is 1. The van der Waals surface area contributed by atoms with Gasteiger partial charge in [0.15, 0.2) is 11.9 Å². The lowest BCUT2D eigenvalue weighted by Gasteiger charge is -2.06. The molecule has 0 radical (unpaired) electrons. The highest BCUT2D eigenvalue weighted by Gasteiger charge is 2.08. The predicted octanol–water partition coefficient (Wildman–Crippen LogP) is 4.58. The summed E-state index contributed by atoms with van der Waals surface area (Å²) in [7, 11) is 0. The second-order valence-corrected chi connectivity index (χ2v) is 3.44. The molecule has 0 atom stereocenters. The summed E-state index contributed by atoms with van der Waals surface area (Å²) >= 11 is 0. The Morgan fingerprint density at radius 3 is 2.36 bits per heavy atom. The Bertz CT molecular complexity index is 494. The molecule has 0 aliphatic rings. The van der Waals surface area contributed by atoms with E-state index in [-0.39, 0.29) is 12.4 Å². The molecule has 1 heterocycles. The second-order valence-electron chi connectivity index (χ2n) is 3.44. The summed E-state index contributed by atoms with van der Waals surface area (Å²) in [5, 5.41) is 10.4. The minimum absolute atomic E-state index is 0.209. The molecule has 0 saturated heterocycles. The minimum atomic E-state index is -0.567. The quantitative estimate of drug-likeness (QED) is 0.438. The van der Waals surface area contributed by atoms with E-state index in [1.165, 1.54) is 24.5 Å². The highest BCUT2D eigenvalue weighted by Crippen LogP contribution is 2.13. The summed E-state index contributed by atoms with van der Waals surface area (Å²) < 4.78 is 5.39. The summed E-state index contributed by atoms with van der Waals surface area (Å²) in [6.45, 7) is 17.3. The summed E-state index contributed by atoms with van der Waals surface area (Å²) in [4.78, 5) is 17.5. The molecule has 0 aromatic carbocycles. The molecule has 6 nitrogen and oxygen atoms in total. The fourth-order valence-corrected chi connectivity index (χ4v) is 1.10. The first-order valence-corrected chi connectivity index (χ1v) is 7.11. The number of hydrogen-bond acceptors (Lipinski definition) is 5. The molecule has 22 heavy (non-hydrogen) atoms. The lowest BCUT2D eigenvalue weighted by atomic mass is 10.2. The van der Waals surface area contributed by atoms with Crippen molar-refractivity contribution in [2.75, 3.05) is 6.61 Å². The normalized spacial score (nSPS) is 9.41. The third kappa shape index (κ3) is 8.63. The molecule has 0 unspecified atom stereocenters. The van der Waals surface area contributed by atoms with Gasteiger partial charge in [-0.25, -0.2) is 0 Å². The molecule has 6 heteroatoms. The molecule has 122 valence electrons. The second kappa shape index (κ2) is 13.5. The van der Waals surface area contributed by atoms with Crippen LogP contribution in [0.2, 0.25) is 0 Å². The smallest absolute Gasteiger partial charge is 0.363 e. The lowest BCUT2D eigenvalue weighted by molar-refractivity contribution is -0.389. The van der Waals surface area contributed by atoms with Gasteiger partial charge in [0.05, 0.1) is 5.71 Å². The van der Waals surface area contributed by atoms with Gasteiger partial charge in [0.25, 0.3) is 0 Å². The van der Waals surface area contributed by atoms with Gasteiger partial charge in [-0.1, -0.05) is 40.9 Å². The molecule has 0 bridgehead atoms. The van der Waals surface area contributed by atoms with Gasteiger partial charge in [-0.3, -0.25) is 4.99 Å². The van der Waals surface area contributed by atoms with Crippen LogP contribution in [0, 0.1) is 10.1 Å². The third-order valence-electron chi connectivity index (χ3n) is 2.02. The van der Waals surface area contributed by atoms with Gasteiger partial charge in [0, 0.05) is 12.3 Å². The topological polar surface area (TPSA) is 77.6 Å². The van der Waals surface area contributed by atoms with Gasteiger partial charge < -0.3 is 14.9 Å². The Morgan fingerprint density at radius 2 is 2.00 bits per heavy atom. The van der Waals surface area contributed by atoms with E-state index in [4.69, 9.17) is 4.74 Å². The SMILES string of the molecule is C=CN=C(COc1ccc([N+](=O)[O-])nc1)C(=C)C.CC.CC. The first-order chi connectivity index (χ1) is 10.5. The van der Waals surface area contributed by atoms with E-state index in [0.717, 1.165) is 5.57 Å². The number of rotatable bonds is 6. The van der Waals surface area contributed by atoms with Crippen molar-refractivity contribution < 1.29 is 9.66 Å². The van der Waals surface area contributed by atoms with Crippen molar-refractivity contribution in [1.82, 2.24) is 4.98 Å². The van der Waals surface area contributed by atoms with Crippen molar-refractivity contribution >= 4 is 11.5 Å². The Kier molecular flexibility index (Phi) is 13.4. The van der Waals surface area contributed by atoms with E-state index in [1.807, 2.05) is 27.7 Å². The number of nitro groups is 1. The minimum Gasteiger partial charge on any atom is -0.483 e. The van der Waals surface area contributed by atoms with Crippen LogP contribution in [-0.2, 0) is 0 Å². The molecule has 0 N–H and O–H groups in total. The van der Waals surface area contributed by atoms with Crippen LogP contribution in [0.3, 0.4) is 0 Å². The van der Waals surface area contributed by atoms with Gasteiger partial charge in [-0.05, 0) is 28.5 Å². The summed E-state index contributed by atoms with van der Waals surface area (Å²) in [6.07, 6.45) is 2.70. The van der Waals surface area contributed by atoms with Crippen LogP contribution in [-0.4, -0.2) is 22.2 Å². The maximum atomic E-state index is 10.4. The molecule has 1 aromatic rings. The van der Waals surface area contributed by atoms with Gasteiger partial charge in [0.1, 0.15) is 6.61 Å². The molecule has 1 aromatic heterocycles. The molecule has 0 aliphatic heterocycles. The Balaban J connectivity index is 0. The van der Waals surface area contributed by atoms with Gasteiger partial charge in [0.2, 0.25) is 0 Å². The molecular formula is C16H25N3O3. The maximum absolute atomic E-state index is 10.4. The van der Waals surface area contributed by atoms with Crippen LogP contribution in [0.1, 0.15) is 34.6 Å². The van der Waals surface area contributed by atoms with Crippen LogP contribution in [0.15, 0.2) is 48.3 Å². The number of aromatic nitrogens is 1. The first kappa shape index (κ1) is 21.8. The number of aliphatic imine (C=N–C) groups is 1. The number of pyridine rings is 1. The fraction of sp³-hybridized carbons (Fsp3) is 0.375. The van der Waals surface area contributed by atoms with E-state index in [9.17, 15) is 10.1 Å². The molecule has 1 rings (SSSR count). The standard InChI is InChI=1S/C12H13N3O3.2C2H6/c1-4-13-11(9(2)3)8-18-10-5-6-12(14-7-10)15(16)17;2*1-2/h4-7H,1-2,8H2,3H3;2*1-2H3. The Labute approximate surface area is 132 Å². The molecule has 0 saturated carbocycles. The van der Waals surface area contributed by atoms with Crippen LogP contribution < -0.4 is 4.74 Å². The Morgan fingerprint density at radius 1 is 1.41 bits per heavy atom. The van der Waals surface area contributed by atoms with Crippen molar-refractivity contribution in [1.29, 1.82) is 0 Å². The van der Waals surface area contributed by atoms with E-state index in [0.29, 0.717) is 11.5 Å². The molecule has 0 amide bonds. The van der Waals surface area contributed by atoms with Crippen LogP contribution in [0.5, 0.6) is 5.75 Å². The van der Waals surface area contributed by atoms with Crippen molar-refractivity contribution in [3.05, 3.63) is 53.4 Å². The number of nitrogens with zero attached hydrogens (tertiary/aromatic N) is 3. The molecule has 0 fully saturated rings. The van der Waals surface area contributed by atoms with E-state index in [2.05, 4.69) is 23.1 Å². The molecule has 0 aliphatic carbocycles. The van der Waals surface area contributed by atoms with Gasteiger partial charge in [-0.15, -0.1) is 0 Å². The first-order valence-electron chi connectivity index (χ1n) is 7.11. The zero-order chi connectivity index (χ0) is 17.5. The van der Waals surface area contributed by atoms with Crippen LogP contribution >= 0.6 is 0 Å². The average molecular weight is 307 g/mol. The molecule has 0 spiro atoms. The maximum Gasteiger partial charge on any atom is 0.363 e. The summed E-state index contributed by atoms with van der Waals surface area (Å²) in [5.41, 5.74) is 1.42. The zero-order valence-electron chi connectivity index (χ0n) is 14.0. The van der Waals surface area contributed by atoms with Crippen molar-refractivity contribution in [3.63, 3.8) is 0 Å². The zero-order valence-corrected chi connectivity index (χ0v) is 14.0. The van der Waals surface area contributed by atoms with E-state index < -0.39 is 4.92 Å². The van der Waals surface area contributed by atoms with E-state index >= 15 is 0 Å². The van der Waals surface area contributed by atoms with Crippen LogP contribution in [0.25, 0.3) is 0 Å². The highest BCUT2D eigenvalue weighted by molar-refractivity contribution is 6.00. The van der Waals surface area contributed by atoms with Crippen LogP contribution in [0.4, 0.5) is 5.82 Å². The van der Waals surface area contributed by atoms with Gasteiger partial charge >= 0.3 is 5.82 Å². The lowest BCUT2D eigenvalue weighted by Crippen LogP contribution is -2.12. The highest BCUT2D eigenvalue weighted by atomic mass is 16.6. The third-order valence-corrected chi connectivity index (χ3v) is 2.02. The summed E-state index contributed by atoms with van der Waals surface area (Å²) in [6, 6.07) is 2.76. The van der Waals surface area contributed by atoms with Crippen molar-refractivity contribution in [3.8, 4) is 5.75 Å². The van der Waals surface area contributed by atoms with E-state index in [1.54, 1.807) is 6.92 Å². The predicted molar refractivity (Wildman–Crippen MR) is 91.5 cm³/mol. The van der Waals surface area contributed by atoms with Gasteiger partial charge in [-0.2, -0.15) is 0 Å². The van der Waals surface area contributed by atoms with Crippen molar-refractivity contribution in [2.45, 2.75) is 34.6 Å². The monoisotopic (exact) mass is 307 g/mol. The molecular weight excluding hydrogens is 282 g/mol.